The molecule has 1 aromatic carbocycles. The zero-order valence-electron chi connectivity index (χ0n) is 17.8. The second-order valence-corrected chi connectivity index (χ2v) is 7.70. The molecule has 29 heavy (non-hydrogen) atoms. The van der Waals surface area contributed by atoms with Gasteiger partial charge >= 0.3 is 0 Å². The van der Waals surface area contributed by atoms with Crippen molar-refractivity contribution in [2.24, 2.45) is 0 Å². The molecule has 0 saturated carbocycles. The molecule has 2 rings (SSSR count). The summed E-state index contributed by atoms with van der Waals surface area (Å²) in [6, 6.07) is 4.86. The SMILES string of the molecule is CCCCCCCCOc1ccc(-c2ncc(CCCCC(C)F)cn2)cc1F. The average molecular weight is 405 g/mol. The van der Waals surface area contributed by atoms with Crippen LogP contribution in [-0.2, 0) is 6.42 Å². The van der Waals surface area contributed by atoms with E-state index in [4.69, 9.17) is 4.74 Å². The second kappa shape index (κ2) is 13.2. The molecular formula is C24H34F2N2O. The zero-order valence-corrected chi connectivity index (χ0v) is 17.8. The van der Waals surface area contributed by atoms with Crippen molar-refractivity contribution in [3.8, 4) is 17.1 Å². The molecule has 1 heterocycles. The summed E-state index contributed by atoms with van der Waals surface area (Å²) in [7, 11) is 0. The van der Waals surface area contributed by atoms with Gasteiger partial charge in [-0.25, -0.2) is 18.7 Å². The molecule has 0 saturated heterocycles. The van der Waals surface area contributed by atoms with Crippen LogP contribution in [0.3, 0.4) is 0 Å². The van der Waals surface area contributed by atoms with Crippen LogP contribution in [0.25, 0.3) is 11.4 Å². The van der Waals surface area contributed by atoms with E-state index in [0.717, 1.165) is 37.7 Å². The Hall–Kier alpha value is -2.04. The first kappa shape index (κ1) is 23.2. The normalized spacial score (nSPS) is 12.1. The number of halogens is 2. The first-order valence-corrected chi connectivity index (χ1v) is 11.0. The topological polar surface area (TPSA) is 35.0 Å². The van der Waals surface area contributed by atoms with E-state index in [9.17, 15) is 8.78 Å². The lowest BCUT2D eigenvalue weighted by Crippen LogP contribution is -2.00. The summed E-state index contributed by atoms with van der Waals surface area (Å²) in [5, 5.41) is 0. The predicted octanol–water partition coefficient (Wildman–Crippen LogP) is 7.09. The summed E-state index contributed by atoms with van der Waals surface area (Å²) in [5.41, 5.74) is 1.65. The van der Waals surface area contributed by atoms with Crippen LogP contribution in [0.4, 0.5) is 8.78 Å². The van der Waals surface area contributed by atoms with Crippen LogP contribution in [0, 0.1) is 5.82 Å². The van der Waals surface area contributed by atoms with Gasteiger partial charge in [-0.2, -0.15) is 0 Å². The van der Waals surface area contributed by atoms with Crippen molar-refractivity contribution in [2.45, 2.75) is 84.2 Å². The van der Waals surface area contributed by atoms with E-state index < -0.39 is 6.17 Å². The van der Waals surface area contributed by atoms with Crippen LogP contribution in [0.15, 0.2) is 30.6 Å². The largest absolute Gasteiger partial charge is 0.491 e. The molecule has 160 valence electrons. The molecule has 0 aliphatic rings. The lowest BCUT2D eigenvalue weighted by Gasteiger charge is -2.09. The minimum absolute atomic E-state index is 0.279. The summed E-state index contributed by atoms with van der Waals surface area (Å²) in [5.74, 6) is 0.384. The quantitative estimate of drug-likeness (QED) is 0.315. The molecule has 1 unspecified atom stereocenters. The van der Waals surface area contributed by atoms with Crippen LogP contribution in [0.1, 0.15) is 77.2 Å². The number of aromatic nitrogens is 2. The molecule has 0 N–H and O–H groups in total. The first-order valence-electron chi connectivity index (χ1n) is 11.0. The first-order chi connectivity index (χ1) is 14.1. The molecule has 0 spiro atoms. The lowest BCUT2D eigenvalue weighted by atomic mass is 10.1. The van der Waals surface area contributed by atoms with Gasteiger partial charge in [0.1, 0.15) is 0 Å². The van der Waals surface area contributed by atoms with Gasteiger partial charge in [0.05, 0.1) is 12.8 Å². The number of alkyl halides is 1. The summed E-state index contributed by atoms with van der Waals surface area (Å²) in [4.78, 5) is 8.70. The third kappa shape index (κ3) is 8.88. The highest BCUT2D eigenvalue weighted by atomic mass is 19.1. The summed E-state index contributed by atoms with van der Waals surface area (Å²) >= 11 is 0. The minimum Gasteiger partial charge on any atom is -0.491 e. The van der Waals surface area contributed by atoms with Crippen molar-refractivity contribution in [1.29, 1.82) is 0 Å². The Morgan fingerprint density at radius 3 is 2.38 bits per heavy atom. The van der Waals surface area contributed by atoms with Crippen LogP contribution in [0.2, 0.25) is 0 Å². The highest BCUT2D eigenvalue weighted by molar-refractivity contribution is 5.56. The van der Waals surface area contributed by atoms with Gasteiger partial charge in [0.2, 0.25) is 0 Å². The molecule has 1 aromatic heterocycles. The summed E-state index contributed by atoms with van der Waals surface area (Å²) in [6.45, 7) is 4.32. The van der Waals surface area contributed by atoms with E-state index >= 15 is 0 Å². The van der Waals surface area contributed by atoms with E-state index in [1.165, 1.54) is 31.7 Å². The van der Waals surface area contributed by atoms with E-state index in [1.54, 1.807) is 31.5 Å². The fourth-order valence-electron chi connectivity index (χ4n) is 3.21. The fourth-order valence-corrected chi connectivity index (χ4v) is 3.21. The lowest BCUT2D eigenvalue weighted by molar-refractivity contribution is 0.290. The van der Waals surface area contributed by atoms with Gasteiger partial charge in [-0.3, -0.25) is 0 Å². The van der Waals surface area contributed by atoms with Crippen LogP contribution in [-0.4, -0.2) is 22.7 Å². The third-order valence-electron chi connectivity index (χ3n) is 4.97. The van der Waals surface area contributed by atoms with Crippen molar-refractivity contribution in [3.63, 3.8) is 0 Å². The average Bonchev–Trinajstić information content (AvgIpc) is 2.72. The maximum atomic E-state index is 14.4. The Morgan fingerprint density at radius 2 is 1.69 bits per heavy atom. The maximum Gasteiger partial charge on any atom is 0.165 e. The molecule has 5 heteroatoms. The molecule has 1 atom stereocenters. The van der Waals surface area contributed by atoms with E-state index in [-0.39, 0.29) is 11.6 Å². The summed E-state index contributed by atoms with van der Waals surface area (Å²) in [6.07, 6.45) is 13.0. The van der Waals surface area contributed by atoms with Crippen molar-refractivity contribution >= 4 is 0 Å². The molecule has 2 aromatic rings. The zero-order chi connectivity index (χ0) is 20.9. The Balaban J connectivity index is 1.80. The molecule has 0 aliphatic carbocycles. The Morgan fingerprint density at radius 1 is 0.966 bits per heavy atom. The van der Waals surface area contributed by atoms with Gasteiger partial charge in [0, 0.05) is 18.0 Å². The monoisotopic (exact) mass is 404 g/mol. The molecule has 3 nitrogen and oxygen atoms in total. The molecule has 0 fully saturated rings. The van der Waals surface area contributed by atoms with Crippen LogP contribution >= 0.6 is 0 Å². The Kier molecular flexibility index (Phi) is 10.6. The second-order valence-electron chi connectivity index (χ2n) is 7.70. The van der Waals surface area contributed by atoms with E-state index in [0.29, 0.717) is 24.4 Å². The van der Waals surface area contributed by atoms with Crippen LogP contribution < -0.4 is 4.74 Å². The van der Waals surface area contributed by atoms with Gasteiger partial charge in [-0.15, -0.1) is 0 Å². The van der Waals surface area contributed by atoms with Gasteiger partial charge in [-0.1, -0.05) is 45.4 Å². The number of ether oxygens (including phenoxy) is 1. The van der Waals surface area contributed by atoms with Gasteiger partial charge in [-0.05, 0) is 56.4 Å². The number of hydrogen-bond acceptors (Lipinski definition) is 3. The minimum atomic E-state index is -0.749. The molecule has 0 aliphatic heterocycles. The molecule has 0 radical (unpaired) electrons. The van der Waals surface area contributed by atoms with Gasteiger partial charge < -0.3 is 4.74 Å². The molecule has 0 amide bonds. The smallest absolute Gasteiger partial charge is 0.165 e. The number of benzene rings is 1. The van der Waals surface area contributed by atoms with Gasteiger partial charge in [0.15, 0.2) is 17.4 Å². The third-order valence-corrected chi connectivity index (χ3v) is 4.97. The van der Waals surface area contributed by atoms with Crippen molar-refractivity contribution in [2.75, 3.05) is 6.61 Å². The fraction of sp³-hybridized carbons (Fsp3) is 0.583. The van der Waals surface area contributed by atoms with Crippen molar-refractivity contribution < 1.29 is 13.5 Å². The number of unbranched alkanes of at least 4 members (excludes halogenated alkanes) is 6. The maximum absolute atomic E-state index is 14.4. The van der Waals surface area contributed by atoms with E-state index in [1.807, 2.05) is 0 Å². The molecular weight excluding hydrogens is 370 g/mol. The van der Waals surface area contributed by atoms with Crippen molar-refractivity contribution in [3.05, 3.63) is 42.0 Å². The number of aryl methyl sites for hydroxylation is 1. The predicted molar refractivity (Wildman–Crippen MR) is 114 cm³/mol. The molecule has 0 bridgehead atoms. The van der Waals surface area contributed by atoms with Crippen molar-refractivity contribution in [1.82, 2.24) is 9.97 Å². The Bertz CT molecular complexity index is 705. The highest BCUT2D eigenvalue weighted by Crippen LogP contribution is 2.24. The van der Waals surface area contributed by atoms with Crippen LogP contribution in [0.5, 0.6) is 5.75 Å². The number of rotatable bonds is 14. The van der Waals surface area contributed by atoms with E-state index in [2.05, 4.69) is 16.9 Å². The highest BCUT2D eigenvalue weighted by Gasteiger charge is 2.09. The van der Waals surface area contributed by atoms with Gasteiger partial charge in [0.25, 0.3) is 0 Å². The standard InChI is InChI=1S/C24H34F2N2O/c1-3-4-5-6-7-10-15-29-23-14-13-21(16-22(23)26)24-27-17-20(18-28-24)12-9-8-11-19(2)25/h13-14,16-19H,3-12,15H2,1-2H3. The number of hydrogen-bond donors (Lipinski definition) is 0. The summed E-state index contributed by atoms with van der Waals surface area (Å²) < 4.78 is 32.7. The number of nitrogens with zero attached hydrogens (tertiary/aromatic N) is 2. The Labute approximate surface area is 173 Å².